The summed E-state index contributed by atoms with van der Waals surface area (Å²) in [6.45, 7) is 3.12. The van der Waals surface area contributed by atoms with Crippen molar-refractivity contribution in [1.82, 2.24) is 4.90 Å². The average molecular weight is 280 g/mol. The number of hydrogen-bond acceptors (Lipinski definition) is 3. The predicted molar refractivity (Wildman–Crippen MR) is 83.6 cm³/mol. The number of ether oxygens (including phenoxy) is 1. The monoisotopic (exact) mass is 280 g/mol. The molecule has 0 radical (unpaired) electrons. The largest absolute Gasteiger partial charge is 0.383 e. The van der Waals surface area contributed by atoms with Gasteiger partial charge in [-0.3, -0.25) is 4.90 Å². The van der Waals surface area contributed by atoms with E-state index in [0.717, 1.165) is 30.8 Å². The van der Waals surface area contributed by atoms with Crippen molar-refractivity contribution in [1.29, 1.82) is 5.26 Å². The van der Waals surface area contributed by atoms with Crippen molar-refractivity contribution in [3.8, 4) is 6.07 Å². The molecule has 0 heterocycles. The fourth-order valence-electron chi connectivity index (χ4n) is 2.28. The Balaban J connectivity index is 2.11. The third-order valence-electron chi connectivity index (χ3n) is 3.39. The first-order valence-electron chi connectivity index (χ1n) is 7.06. The van der Waals surface area contributed by atoms with Crippen molar-refractivity contribution in [2.24, 2.45) is 0 Å². The number of nitrogens with zero attached hydrogens (tertiary/aromatic N) is 2. The molecule has 0 aromatic heterocycles. The van der Waals surface area contributed by atoms with Crippen LogP contribution < -0.4 is 0 Å². The molecule has 0 saturated heterocycles. The Morgan fingerprint density at radius 3 is 2.43 bits per heavy atom. The van der Waals surface area contributed by atoms with Crippen LogP contribution in [0.5, 0.6) is 0 Å². The second-order valence-electron chi connectivity index (χ2n) is 4.96. The smallest absolute Gasteiger partial charge is 0.0995 e. The van der Waals surface area contributed by atoms with Gasteiger partial charge in [-0.15, -0.1) is 0 Å². The number of rotatable bonds is 7. The third-order valence-corrected chi connectivity index (χ3v) is 3.39. The van der Waals surface area contributed by atoms with Crippen LogP contribution in [0.3, 0.4) is 0 Å². The quantitative estimate of drug-likeness (QED) is 0.781. The minimum Gasteiger partial charge on any atom is -0.383 e. The summed E-state index contributed by atoms with van der Waals surface area (Å²) in [6.07, 6.45) is 0. The number of methoxy groups -OCH3 is 1. The molecule has 0 fully saturated rings. The number of benzene rings is 2. The van der Waals surface area contributed by atoms with Gasteiger partial charge >= 0.3 is 0 Å². The zero-order chi connectivity index (χ0) is 14.9. The summed E-state index contributed by atoms with van der Waals surface area (Å²) >= 11 is 0. The fraction of sp³-hybridized carbons (Fsp3) is 0.278. The second kappa shape index (κ2) is 8.21. The maximum Gasteiger partial charge on any atom is 0.0995 e. The SMILES string of the molecule is COCCN(Cc1ccccc1)Cc1ccccc1C#N. The van der Waals surface area contributed by atoms with E-state index in [-0.39, 0.29) is 0 Å². The summed E-state index contributed by atoms with van der Waals surface area (Å²) in [5.41, 5.74) is 3.07. The maximum atomic E-state index is 9.20. The Morgan fingerprint density at radius 2 is 1.71 bits per heavy atom. The molecule has 21 heavy (non-hydrogen) atoms. The number of nitriles is 1. The summed E-state index contributed by atoms with van der Waals surface area (Å²) in [5.74, 6) is 0. The van der Waals surface area contributed by atoms with Crippen molar-refractivity contribution >= 4 is 0 Å². The first kappa shape index (κ1) is 15.2. The molecule has 0 unspecified atom stereocenters. The lowest BCUT2D eigenvalue weighted by atomic mass is 10.1. The summed E-state index contributed by atoms with van der Waals surface area (Å²) in [4.78, 5) is 2.30. The Labute approximate surface area is 126 Å². The van der Waals surface area contributed by atoms with E-state index in [0.29, 0.717) is 6.61 Å². The van der Waals surface area contributed by atoms with E-state index in [1.54, 1.807) is 7.11 Å². The molecular weight excluding hydrogens is 260 g/mol. The first-order valence-corrected chi connectivity index (χ1v) is 7.06. The van der Waals surface area contributed by atoms with Gasteiger partial charge < -0.3 is 4.74 Å². The van der Waals surface area contributed by atoms with Crippen molar-refractivity contribution in [2.75, 3.05) is 20.3 Å². The molecule has 0 aliphatic rings. The fourth-order valence-corrected chi connectivity index (χ4v) is 2.28. The Kier molecular flexibility index (Phi) is 5.96. The van der Waals surface area contributed by atoms with E-state index in [1.165, 1.54) is 5.56 Å². The standard InChI is InChI=1S/C18H20N2O/c1-21-12-11-20(14-16-7-3-2-4-8-16)15-18-10-6-5-9-17(18)13-19/h2-10H,11-12,14-15H2,1H3. The Hall–Kier alpha value is -2.15. The molecule has 2 rings (SSSR count). The highest BCUT2D eigenvalue weighted by atomic mass is 16.5. The highest BCUT2D eigenvalue weighted by molar-refractivity contribution is 5.37. The minimum atomic E-state index is 0.682. The first-order chi connectivity index (χ1) is 10.3. The van der Waals surface area contributed by atoms with Crippen molar-refractivity contribution in [3.05, 3.63) is 71.3 Å². The Bertz CT molecular complexity index is 590. The zero-order valence-corrected chi connectivity index (χ0v) is 12.3. The van der Waals surface area contributed by atoms with E-state index in [4.69, 9.17) is 4.74 Å². The molecule has 0 spiro atoms. The molecular formula is C18H20N2O. The van der Waals surface area contributed by atoms with Crippen LogP contribution in [-0.2, 0) is 17.8 Å². The molecule has 3 nitrogen and oxygen atoms in total. The van der Waals surface area contributed by atoms with Crippen molar-refractivity contribution < 1.29 is 4.74 Å². The molecule has 0 bridgehead atoms. The third kappa shape index (κ3) is 4.71. The molecule has 0 aliphatic heterocycles. The topological polar surface area (TPSA) is 36.3 Å². The molecule has 2 aromatic rings. The zero-order valence-electron chi connectivity index (χ0n) is 12.3. The molecule has 3 heteroatoms. The van der Waals surface area contributed by atoms with Crippen LogP contribution in [0.2, 0.25) is 0 Å². The van der Waals surface area contributed by atoms with Crippen LogP contribution in [0.25, 0.3) is 0 Å². The summed E-state index contributed by atoms with van der Waals surface area (Å²) in [6, 6.07) is 20.4. The molecule has 0 saturated carbocycles. The normalized spacial score (nSPS) is 10.5. The van der Waals surface area contributed by atoms with Crippen LogP contribution in [-0.4, -0.2) is 25.2 Å². The molecule has 2 aromatic carbocycles. The highest BCUT2D eigenvalue weighted by Crippen LogP contribution is 2.13. The van der Waals surface area contributed by atoms with Gasteiger partial charge in [0.25, 0.3) is 0 Å². The number of hydrogen-bond donors (Lipinski definition) is 0. The van der Waals surface area contributed by atoms with Crippen molar-refractivity contribution in [3.63, 3.8) is 0 Å². The van der Waals surface area contributed by atoms with Crippen LogP contribution in [0.15, 0.2) is 54.6 Å². The van der Waals surface area contributed by atoms with Gasteiger partial charge in [0.1, 0.15) is 0 Å². The average Bonchev–Trinajstić information content (AvgIpc) is 2.54. The van der Waals surface area contributed by atoms with Crippen LogP contribution >= 0.6 is 0 Å². The maximum absolute atomic E-state index is 9.20. The lowest BCUT2D eigenvalue weighted by molar-refractivity contribution is 0.140. The van der Waals surface area contributed by atoms with E-state index in [1.807, 2.05) is 42.5 Å². The lowest BCUT2D eigenvalue weighted by Crippen LogP contribution is -2.27. The summed E-state index contributed by atoms with van der Waals surface area (Å²) in [7, 11) is 1.71. The van der Waals surface area contributed by atoms with Crippen LogP contribution in [0.4, 0.5) is 0 Å². The van der Waals surface area contributed by atoms with Gasteiger partial charge in [0.05, 0.1) is 18.2 Å². The van der Waals surface area contributed by atoms with Gasteiger partial charge in [-0.05, 0) is 17.2 Å². The van der Waals surface area contributed by atoms with E-state index < -0.39 is 0 Å². The van der Waals surface area contributed by atoms with Gasteiger partial charge in [0, 0.05) is 26.7 Å². The Morgan fingerprint density at radius 1 is 1.00 bits per heavy atom. The van der Waals surface area contributed by atoms with E-state index >= 15 is 0 Å². The van der Waals surface area contributed by atoms with Gasteiger partial charge in [0.15, 0.2) is 0 Å². The van der Waals surface area contributed by atoms with Crippen LogP contribution in [0, 0.1) is 11.3 Å². The van der Waals surface area contributed by atoms with Crippen LogP contribution in [0.1, 0.15) is 16.7 Å². The molecule has 0 amide bonds. The molecule has 0 atom stereocenters. The van der Waals surface area contributed by atoms with Gasteiger partial charge in [-0.25, -0.2) is 0 Å². The van der Waals surface area contributed by atoms with E-state index in [9.17, 15) is 5.26 Å². The second-order valence-corrected chi connectivity index (χ2v) is 4.96. The summed E-state index contributed by atoms with van der Waals surface area (Å²) < 4.78 is 5.20. The predicted octanol–water partition coefficient (Wildman–Crippen LogP) is 3.21. The van der Waals surface area contributed by atoms with E-state index in [2.05, 4.69) is 23.1 Å². The van der Waals surface area contributed by atoms with Crippen molar-refractivity contribution in [2.45, 2.75) is 13.1 Å². The lowest BCUT2D eigenvalue weighted by Gasteiger charge is -2.22. The van der Waals surface area contributed by atoms with Gasteiger partial charge in [-0.2, -0.15) is 5.26 Å². The molecule has 108 valence electrons. The molecule has 0 N–H and O–H groups in total. The summed E-state index contributed by atoms with van der Waals surface area (Å²) in [5, 5.41) is 9.20. The minimum absolute atomic E-state index is 0.682. The van der Waals surface area contributed by atoms with Gasteiger partial charge in [0.2, 0.25) is 0 Å². The highest BCUT2D eigenvalue weighted by Gasteiger charge is 2.09. The molecule has 0 aliphatic carbocycles. The van der Waals surface area contributed by atoms with Gasteiger partial charge in [-0.1, -0.05) is 48.5 Å².